The van der Waals surface area contributed by atoms with Crippen LogP contribution in [-0.2, 0) is 6.42 Å². The summed E-state index contributed by atoms with van der Waals surface area (Å²) in [5.41, 5.74) is 1.09. The first-order valence-corrected chi connectivity index (χ1v) is 7.19. The maximum atomic E-state index is 12.1. The normalized spacial score (nSPS) is 14.0. The summed E-state index contributed by atoms with van der Waals surface area (Å²) >= 11 is 0. The Kier molecular flexibility index (Phi) is 6.08. The second-order valence-corrected chi connectivity index (χ2v) is 6.30. The van der Waals surface area contributed by atoms with Crippen LogP contribution in [-0.4, -0.2) is 18.4 Å². The SMILES string of the molecule is CCC(CNC(C)(C)C)Cc1ccc(OC(F)(F)F)cc1. The second kappa shape index (κ2) is 7.16. The zero-order valence-electron chi connectivity index (χ0n) is 13.1. The van der Waals surface area contributed by atoms with Crippen molar-refractivity contribution in [1.29, 1.82) is 0 Å². The van der Waals surface area contributed by atoms with Crippen LogP contribution in [0, 0.1) is 5.92 Å². The molecule has 0 bridgehead atoms. The van der Waals surface area contributed by atoms with Crippen molar-refractivity contribution < 1.29 is 17.9 Å². The van der Waals surface area contributed by atoms with Crippen molar-refractivity contribution in [2.75, 3.05) is 6.54 Å². The summed E-state index contributed by atoms with van der Waals surface area (Å²) in [5, 5.41) is 3.46. The number of rotatable bonds is 6. The Hall–Kier alpha value is -1.23. The molecule has 0 spiro atoms. The molecule has 0 amide bonds. The van der Waals surface area contributed by atoms with Crippen LogP contribution < -0.4 is 10.1 Å². The standard InChI is InChI=1S/C16H24F3NO/c1-5-12(11-20-15(2,3)4)10-13-6-8-14(9-7-13)21-16(17,18)19/h6-9,12,20H,5,10-11H2,1-4H3. The van der Waals surface area contributed by atoms with Gasteiger partial charge in [-0.1, -0.05) is 25.5 Å². The molecule has 1 rings (SSSR count). The van der Waals surface area contributed by atoms with Crippen molar-refractivity contribution in [3.8, 4) is 5.75 Å². The molecule has 0 radical (unpaired) electrons. The van der Waals surface area contributed by atoms with E-state index in [2.05, 4.69) is 37.7 Å². The molecule has 0 saturated heterocycles. The number of hydrogen-bond acceptors (Lipinski definition) is 2. The van der Waals surface area contributed by atoms with Gasteiger partial charge in [-0.25, -0.2) is 0 Å². The molecule has 1 aromatic carbocycles. The van der Waals surface area contributed by atoms with Gasteiger partial charge in [0, 0.05) is 5.54 Å². The van der Waals surface area contributed by atoms with Gasteiger partial charge in [-0.15, -0.1) is 13.2 Å². The molecular weight excluding hydrogens is 279 g/mol. The summed E-state index contributed by atoms with van der Waals surface area (Å²) in [7, 11) is 0. The van der Waals surface area contributed by atoms with Crippen LogP contribution >= 0.6 is 0 Å². The lowest BCUT2D eigenvalue weighted by atomic mass is 9.95. The Labute approximate surface area is 124 Å². The van der Waals surface area contributed by atoms with Crippen LogP contribution in [0.2, 0.25) is 0 Å². The van der Waals surface area contributed by atoms with E-state index in [0.717, 1.165) is 24.9 Å². The highest BCUT2D eigenvalue weighted by molar-refractivity contribution is 5.27. The highest BCUT2D eigenvalue weighted by atomic mass is 19.4. The summed E-state index contributed by atoms with van der Waals surface area (Å²) in [6.45, 7) is 9.35. The summed E-state index contributed by atoms with van der Waals surface area (Å²) in [5.74, 6) is 0.283. The van der Waals surface area contributed by atoms with Crippen LogP contribution in [0.5, 0.6) is 5.75 Å². The zero-order valence-corrected chi connectivity index (χ0v) is 13.1. The molecule has 1 aromatic rings. The second-order valence-electron chi connectivity index (χ2n) is 6.30. The molecule has 5 heteroatoms. The lowest BCUT2D eigenvalue weighted by Gasteiger charge is -2.25. The van der Waals surface area contributed by atoms with Gasteiger partial charge in [0.1, 0.15) is 5.75 Å². The van der Waals surface area contributed by atoms with Gasteiger partial charge in [0.25, 0.3) is 0 Å². The first-order chi connectivity index (χ1) is 9.59. The van der Waals surface area contributed by atoms with Gasteiger partial charge >= 0.3 is 6.36 Å². The molecule has 0 heterocycles. The monoisotopic (exact) mass is 303 g/mol. The van der Waals surface area contributed by atoms with Crippen molar-refractivity contribution in [2.45, 2.75) is 52.4 Å². The minimum Gasteiger partial charge on any atom is -0.406 e. The van der Waals surface area contributed by atoms with Crippen molar-refractivity contribution >= 4 is 0 Å². The van der Waals surface area contributed by atoms with Crippen molar-refractivity contribution in [1.82, 2.24) is 5.32 Å². The number of nitrogens with one attached hydrogen (secondary N) is 1. The van der Waals surface area contributed by atoms with E-state index in [1.807, 2.05) is 0 Å². The molecule has 0 aliphatic heterocycles. The molecule has 0 fully saturated rings. The summed E-state index contributed by atoms with van der Waals surface area (Å²) in [6, 6.07) is 6.13. The number of alkyl halides is 3. The average Bonchev–Trinajstić information content (AvgIpc) is 2.33. The van der Waals surface area contributed by atoms with E-state index in [-0.39, 0.29) is 11.3 Å². The van der Waals surface area contributed by atoms with Gasteiger partial charge in [-0.2, -0.15) is 0 Å². The topological polar surface area (TPSA) is 21.3 Å². The fourth-order valence-corrected chi connectivity index (χ4v) is 1.97. The Morgan fingerprint density at radius 2 is 1.67 bits per heavy atom. The maximum absolute atomic E-state index is 12.1. The molecular formula is C16H24F3NO. The highest BCUT2D eigenvalue weighted by Gasteiger charge is 2.30. The number of halogens is 3. The zero-order chi connectivity index (χ0) is 16.1. The summed E-state index contributed by atoms with van der Waals surface area (Å²) < 4.78 is 40.1. The van der Waals surface area contributed by atoms with Crippen molar-refractivity contribution in [3.05, 3.63) is 29.8 Å². The summed E-state index contributed by atoms with van der Waals surface area (Å²) in [4.78, 5) is 0. The predicted octanol–water partition coefficient (Wildman–Crippen LogP) is 4.54. The third-order valence-electron chi connectivity index (χ3n) is 3.18. The largest absolute Gasteiger partial charge is 0.573 e. The number of ether oxygens (including phenoxy) is 1. The Balaban J connectivity index is 2.57. The Bertz CT molecular complexity index is 421. The predicted molar refractivity (Wildman–Crippen MR) is 78.4 cm³/mol. The van der Waals surface area contributed by atoms with Crippen LogP contribution in [0.25, 0.3) is 0 Å². The number of benzene rings is 1. The van der Waals surface area contributed by atoms with E-state index < -0.39 is 6.36 Å². The molecule has 0 saturated carbocycles. The van der Waals surface area contributed by atoms with E-state index in [9.17, 15) is 13.2 Å². The third-order valence-corrected chi connectivity index (χ3v) is 3.18. The van der Waals surface area contributed by atoms with Gasteiger partial charge in [0.05, 0.1) is 0 Å². The molecule has 2 nitrogen and oxygen atoms in total. The van der Waals surface area contributed by atoms with Crippen LogP contribution in [0.3, 0.4) is 0 Å². The van der Waals surface area contributed by atoms with E-state index in [1.165, 1.54) is 12.1 Å². The highest BCUT2D eigenvalue weighted by Crippen LogP contribution is 2.23. The number of hydrogen-bond donors (Lipinski definition) is 1. The van der Waals surface area contributed by atoms with Crippen LogP contribution in [0.1, 0.15) is 39.7 Å². The molecule has 0 aliphatic rings. The molecule has 120 valence electrons. The van der Waals surface area contributed by atoms with Crippen molar-refractivity contribution in [3.63, 3.8) is 0 Å². The van der Waals surface area contributed by atoms with Crippen molar-refractivity contribution in [2.24, 2.45) is 5.92 Å². The first-order valence-electron chi connectivity index (χ1n) is 7.19. The average molecular weight is 303 g/mol. The fraction of sp³-hybridized carbons (Fsp3) is 0.625. The van der Waals surface area contributed by atoms with Gasteiger partial charge < -0.3 is 10.1 Å². The molecule has 21 heavy (non-hydrogen) atoms. The third kappa shape index (κ3) is 7.95. The lowest BCUT2D eigenvalue weighted by molar-refractivity contribution is -0.274. The molecule has 1 unspecified atom stereocenters. The van der Waals surface area contributed by atoms with Gasteiger partial charge in [-0.05, 0) is 57.4 Å². The van der Waals surface area contributed by atoms with Crippen LogP contribution in [0.15, 0.2) is 24.3 Å². The maximum Gasteiger partial charge on any atom is 0.573 e. The van der Waals surface area contributed by atoms with Gasteiger partial charge in [0.15, 0.2) is 0 Å². The quantitative estimate of drug-likeness (QED) is 0.833. The Morgan fingerprint density at radius 3 is 2.10 bits per heavy atom. The van der Waals surface area contributed by atoms with E-state index in [4.69, 9.17) is 0 Å². The molecule has 1 atom stereocenters. The molecule has 0 aliphatic carbocycles. The lowest BCUT2D eigenvalue weighted by Crippen LogP contribution is -2.39. The van der Waals surface area contributed by atoms with Gasteiger partial charge in [0.2, 0.25) is 0 Å². The van der Waals surface area contributed by atoms with Crippen LogP contribution in [0.4, 0.5) is 13.2 Å². The van der Waals surface area contributed by atoms with E-state index >= 15 is 0 Å². The molecule has 1 N–H and O–H groups in total. The fourth-order valence-electron chi connectivity index (χ4n) is 1.97. The first kappa shape index (κ1) is 17.8. The van der Waals surface area contributed by atoms with Gasteiger partial charge in [-0.3, -0.25) is 0 Å². The minimum absolute atomic E-state index is 0.0673. The smallest absolute Gasteiger partial charge is 0.406 e. The summed E-state index contributed by atoms with van der Waals surface area (Å²) in [6.07, 6.45) is -2.78. The minimum atomic E-state index is -4.63. The Morgan fingerprint density at radius 1 is 1.10 bits per heavy atom. The van der Waals surface area contributed by atoms with E-state index in [0.29, 0.717) is 5.92 Å². The molecule has 0 aromatic heterocycles. The van der Waals surface area contributed by atoms with E-state index in [1.54, 1.807) is 12.1 Å².